The topological polar surface area (TPSA) is 52.2 Å². The molecular weight excluding hydrogens is 436 g/mol. The lowest BCUT2D eigenvalue weighted by Crippen LogP contribution is -2.22. The second-order valence-electron chi connectivity index (χ2n) is 5.74. The number of aromatic nitrogens is 4. The molecule has 3 heterocycles. The molecule has 0 N–H and O–H groups in total. The van der Waals surface area contributed by atoms with Gasteiger partial charge in [0.15, 0.2) is 5.16 Å². The lowest BCUT2D eigenvalue weighted by atomic mass is 10.2. The number of nitrogens with zero attached hydrogens (tertiary/aromatic N) is 4. The fourth-order valence-corrected chi connectivity index (χ4v) is 4.26. The van der Waals surface area contributed by atoms with Crippen molar-refractivity contribution in [3.8, 4) is 0 Å². The molecule has 4 aromatic rings. The smallest absolute Gasteiger partial charge is 0.262 e. The van der Waals surface area contributed by atoms with Gasteiger partial charge in [-0.3, -0.25) is 9.36 Å². The number of hydrogen-bond donors (Lipinski definition) is 0. The molecule has 0 aliphatic rings. The van der Waals surface area contributed by atoms with Crippen LogP contribution in [-0.4, -0.2) is 18.9 Å². The van der Waals surface area contributed by atoms with E-state index in [0.29, 0.717) is 33.4 Å². The minimum atomic E-state index is -0.0249. The van der Waals surface area contributed by atoms with E-state index in [9.17, 15) is 4.79 Å². The number of thioether (sulfide) groups is 1. The first-order valence-electron chi connectivity index (χ1n) is 8.01. The third kappa shape index (κ3) is 3.26. The number of benzene rings is 1. The van der Waals surface area contributed by atoms with Crippen LogP contribution in [0.3, 0.4) is 0 Å². The van der Waals surface area contributed by atoms with Crippen LogP contribution in [0.1, 0.15) is 12.6 Å². The van der Waals surface area contributed by atoms with Crippen LogP contribution in [0.5, 0.6) is 0 Å². The maximum atomic E-state index is 12.8. The van der Waals surface area contributed by atoms with Crippen molar-refractivity contribution in [2.24, 2.45) is 0 Å². The molecule has 0 aliphatic heterocycles. The average molecular weight is 450 g/mol. The molecule has 4 rings (SSSR count). The normalized spacial score (nSPS) is 11.5. The fourth-order valence-electron chi connectivity index (χ4n) is 2.79. The fraction of sp³-hybridized carbons (Fsp3) is 0.167. The minimum absolute atomic E-state index is 0.0249. The highest BCUT2D eigenvalue weighted by molar-refractivity contribution is 9.10. The Morgan fingerprint density at radius 1 is 1.19 bits per heavy atom. The summed E-state index contributed by atoms with van der Waals surface area (Å²) < 4.78 is 4.47. The maximum Gasteiger partial charge on any atom is 0.262 e. The Labute approximate surface area is 167 Å². The van der Waals surface area contributed by atoms with E-state index in [1.807, 2.05) is 54.0 Å². The van der Waals surface area contributed by atoms with E-state index in [1.165, 1.54) is 11.8 Å². The summed E-state index contributed by atoms with van der Waals surface area (Å²) in [6.07, 6.45) is 3.77. The number of fused-ring (bicyclic) bond motifs is 2. The van der Waals surface area contributed by atoms with Gasteiger partial charge >= 0.3 is 0 Å². The number of halogens is 2. The summed E-state index contributed by atoms with van der Waals surface area (Å²) in [5, 5.41) is 1.98. The Bertz CT molecular complexity index is 1190. The summed E-state index contributed by atoms with van der Waals surface area (Å²) in [4.78, 5) is 22.0. The van der Waals surface area contributed by atoms with Crippen molar-refractivity contribution in [2.75, 3.05) is 0 Å². The number of rotatable bonds is 4. The molecule has 0 aliphatic carbocycles. The molecular formula is C18H14BrClN4OS. The zero-order valence-electron chi connectivity index (χ0n) is 13.8. The van der Waals surface area contributed by atoms with Crippen LogP contribution in [0.15, 0.2) is 57.1 Å². The average Bonchev–Trinajstić information content (AvgIpc) is 3.02. The highest BCUT2D eigenvalue weighted by Gasteiger charge is 2.12. The van der Waals surface area contributed by atoms with Gasteiger partial charge in [0, 0.05) is 29.2 Å². The van der Waals surface area contributed by atoms with Crippen LogP contribution in [0.4, 0.5) is 0 Å². The van der Waals surface area contributed by atoms with E-state index in [0.717, 1.165) is 15.8 Å². The molecule has 0 bridgehead atoms. The predicted octanol–water partition coefficient (Wildman–Crippen LogP) is 4.77. The van der Waals surface area contributed by atoms with Crippen LogP contribution in [-0.2, 0) is 12.3 Å². The Hall–Kier alpha value is -1.83. The summed E-state index contributed by atoms with van der Waals surface area (Å²) in [6.45, 7) is 2.52. The molecule has 132 valence electrons. The van der Waals surface area contributed by atoms with E-state index in [4.69, 9.17) is 11.6 Å². The summed E-state index contributed by atoms with van der Waals surface area (Å²) in [6, 6.07) is 9.27. The maximum absolute atomic E-state index is 12.8. The van der Waals surface area contributed by atoms with Gasteiger partial charge in [0.1, 0.15) is 5.65 Å². The standard InChI is InChI=1S/C18H14BrClN4OS/c1-2-24-17(25)14-7-11(19)3-5-15(14)22-18(24)26-10-13-9-23-8-12(20)4-6-16(23)21-13/h3-9H,2,10H2,1H3. The largest absolute Gasteiger partial charge is 0.305 e. The second kappa shape index (κ2) is 7.06. The molecule has 0 unspecified atom stereocenters. The third-order valence-electron chi connectivity index (χ3n) is 4.01. The van der Waals surface area contributed by atoms with E-state index in [-0.39, 0.29) is 5.56 Å². The van der Waals surface area contributed by atoms with Gasteiger partial charge in [-0.25, -0.2) is 9.97 Å². The van der Waals surface area contributed by atoms with Gasteiger partial charge < -0.3 is 4.40 Å². The molecule has 0 atom stereocenters. The zero-order chi connectivity index (χ0) is 18.3. The lowest BCUT2D eigenvalue weighted by Gasteiger charge is -2.10. The van der Waals surface area contributed by atoms with Crippen LogP contribution in [0, 0.1) is 0 Å². The highest BCUT2D eigenvalue weighted by atomic mass is 79.9. The predicted molar refractivity (Wildman–Crippen MR) is 109 cm³/mol. The van der Waals surface area contributed by atoms with Crippen molar-refractivity contribution < 1.29 is 0 Å². The van der Waals surface area contributed by atoms with Gasteiger partial charge in [-0.1, -0.05) is 39.3 Å². The van der Waals surface area contributed by atoms with E-state index < -0.39 is 0 Å². The number of hydrogen-bond acceptors (Lipinski definition) is 4. The molecule has 0 spiro atoms. The molecule has 3 aromatic heterocycles. The molecule has 8 heteroatoms. The number of imidazole rings is 1. The first kappa shape index (κ1) is 17.6. The van der Waals surface area contributed by atoms with Gasteiger partial charge in [0.25, 0.3) is 5.56 Å². The lowest BCUT2D eigenvalue weighted by molar-refractivity contribution is 0.634. The highest BCUT2D eigenvalue weighted by Crippen LogP contribution is 2.24. The van der Waals surface area contributed by atoms with E-state index in [2.05, 4.69) is 25.9 Å². The number of pyridine rings is 1. The summed E-state index contributed by atoms with van der Waals surface area (Å²) in [5.74, 6) is 0.619. The van der Waals surface area contributed by atoms with Crippen LogP contribution in [0.25, 0.3) is 16.6 Å². The Balaban J connectivity index is 1.69. The van der Waals surface area contributed by atoms with Crippen LogP contribution in [0.2, 0.25) is 5.02 Å². The Morgan fingerprint density at radius 3 is 2.85 bits per heavy atom. The van der Waals surface area contributed by atoms with Crippen LogP contribution < -0.4 is 5.56 Å². The van der Waals surface area contributed by atoms with Crippen molar-refractivity contribution in [3.05, 3.63) is 68.3 Å². The van der Waals surface area contributed by atoms with Gasteiger partial charge in [-0.15, -0.1) is 0 Å². The Morgan fingerprint density at radius 2 is 2.04 bits per heavy atom. The van der Waals surface area contributed by atoms with Crippen molar-refractivity contribution in [2.45, 2.75) is 24.4 Å². The summed E-state index contributed by atoms with van der Waals surface area (Å²) in [7, 11) is 0. The van der Waals surface area contributed by atoms with E-state index >= 15 is 0 Å². The van der Waals surface area contributed by atoms with Gasteiger partial charge in [0.2, 0.25) is 0 Å². The van der Waals surface area contributed by atoms with Crippen molar-refractivity contribution in [3.63, 3.8) is 0 Å². The summed E-state index contributed by atoms with van der Waals surface area (Å²) >= 11 is 10.9. The quantitative estimate of drug-likeness (QED) is 0.332. The van der Waals surface area contributed by atoms with Gasteiger partial charge in [0.05, 0.1) is 21.6 Å². The van der Waals surface area contributed by atoms with Crippen LogP contribution >= 0.6 is 39.3 Å². The van der Waals surface area contributed by atoms with Crippen molar-refractivity contribution in [1.82, 2.24) is 18.9 Å². The molecule has 0 fully saturated rings. The Kier molecular flexibility index (Phi) is 4.77. The van der Waals surface area contributed by atoms with Gasteiger partial charge in [-0.2, -0.15) is 0 Å². The van der Waals surface area contributed by atoms with Crippen molar-refractivity contribution in [1.29, 1.82) is 0 Å². The first-order valence-corrected chi connectivity index (χ1v) is 10.2. The SMILES string of the molecule is CCn1c(SCc2cn3cc(Cl)ccc3n2)nc2ccc(Br)cc2c1=O. The second-order valence-corrected chi connectivity index (χ2v) is 8.03. The van der Waals surface area contributed by atoms with E-state index in [1.54, 1.807) is 4.57 Å². The molecule has 0 saturated heterocycles. The molecule has 1 aromatic carbocycles. The zero-order valence-corrected chi connectivity index (χ0v) is 17.0. The molecule has 5 nitrogen and oxygen atoms in total. The monoisotopic (exact) mass is 448 g/mol. The molecule has 26 heavy (non-hydrogen) atoms. The van der Waals surface area contributed by atoms with Gasteiger partial charge in [-0.05, 0) is 37.3 Å². The molecule has 0 radical (unpaired) electrons. The van der Waals surface area contributed by atoms with Crippen molar-refractivity contribution >= 4 is 55.8 Å². The minimum Gasteiger partial charge on any atom is -0.305 e. The third-order valence-corrected chi connectivity index (χ3v) is 5.74. The first-order chi connectivity index (χ1) is 12.5. The summed E-state index contributed by atoms with van der Waals surface area (Å²) in [5.41, 5.74) is 2.43. The molecule has 0 amide bonds. The molecule has 0 saturated carbocycles.